The van der Waals surface area contributed by atoms with Crippen molar-refractivity contribution in [1.29, 1.82) is 0 Å². The topological polar surface area (TPSA) is 259 Å². The molecule has 0 saturated carbocycles. The monoisotopic (exact) mass is 847 g/mol. The second-order valence-corrected chi connectivity index (χ2v) is 16.7. The van der Waals surface area contributed by atoms with Crippen molar-refractivity contribution in [3.05, 3.63) is 77.4 Å². The highest BCUT2D eigenvalue weighted by molar-refractivity contribution is 8.00. The molecule has 16 nitrogen and oxygen atoms in total. The molecule has 0 saturated heterocycles. The number of nitrogens with two attached hydrogens (primary N) is 2. The van der Waals surface area contributed by atoms with E-state index in [1.807, 2.05) is 55.7 Å². The Morgan fingerprint density at radius 2 is 1.66 bits per heavy atom. The molecule has 4 amide bonds. The Hall–Kier alpha value is -5.11. The van der Waals surface area contributed by atoms with Gasteiger partial charge in [-0.1, -0.05) is 51.1 Å². The molecule has 1 aromatic heterocycles. The molecular formula is C40H55F2N7O9S. The van der Waals surface area contributed by atoms with Crippen LogP contribution in [0, 0.1) is 5.41 Å². The zero-order valence-corrected chi connectivity index (χ0v) is 34.4. The molecule has 324 valence electrons. The number of aliphatic hydroxyl groups is 1. The summed E-state index contributed by atoms with van der Waals surface area (Å²) < 4.78 is 32.2. The highest BCUT2D eigenvalue weighted by atomic mass is 32.2. The van der Waals surface area contributed by atoms with E-state index in [1.54, 1.807) is 12.3 Å². The van der Waals surface area contributed by atoms with Gasteiger partial charge in [0.1, 0.15) is 24.1 Å². The number of benzene rings is 1. The van der Waals surface area contributed by atoms with Crippen LogP contribution in [0.25, 0.3) is 5.57 Å². The van der Waals surface area contributed by atoms with E-state index in [0.29, 0.717) is 17.8 Å². The number of alkyl halides is 1. The van der Waals surface area contributed by atoms with Gasteiger partial charge in [-0.05, 0) is 42.5 Å². The Bertz CT molecular complexity index is 1880. The van der Waals surface area contributed by atoms with Crippen LogP contribution in [0.15, 0.2) is 60.6 Å². The van der Waals surface area contributed by atoms with Crippen LogP contribution in [0.2, 0.25) is 0 Å². The van der Waals surface area contributed by atoms with Gasteiger partial charge in [0.2, 0.25) is 23.6 Å². The van der Waals surface area contributed by atoms with Crippen LogP contribution in [0.1, 0.15) is 69.8 Å². The Labute approximate surface area is 345 Å². The number of aromatic nitrogens is 1. The quantitative estimate of drug-likeness (QED) is 0.0791. The number of rotatable bonds is 22. The number of aliphatic carboxylic acids is 2. The molecule has 0 spiro atoms. The molecule has 19 heteroatoms. The van der Waals surface area contributed by atoms with Gasteiger partial charge in [0.05, 0.1) is 30.3 Å². The first-order valence-electron chi connectivity index (χ1n) is 19.0. The second kappa shape index (κ2) is 21.8. The van der Waals surface area contributed by atoms with Gasteiger partial charge in [0.15, 0.2) is 0 Å². The van der Waals surface area contributed by atoms with Crippen molar-refractivity contribution < 1.29 is 52.9 Å². The van der Waals surface area contributed by atoms with Gasteiger partial charge in [-0.3, -0.25) is 28.8 Å². The number of allylic oxidation sites excluding steroid dienone is 4. The third kappa shape index (κ3) is 14.9. The molecule has 2 aromatic rings. The van der Waals surface area contributed by atoms with Gasteiger partial charge in [0.25, 0.3) is 0 Å². The molecule has 0 aliphatic heterocycles. The first-order valence-corrected chi connectivity index (χ1v) is 20.0. The van der Waals surface area contributed by atoms with E-state index >= 15 is 8.78 Å². The molecule has 1 heterocycles. The Balaban J connectivity index is 1.68. The number of hydrogen-bond donors (Lipinski definition) is 8. The molecular weight excluding hydrogens is 793 g/mol. The number of carbonyl (C=O) groups excluding carboxylic acids is 4. The maximum absolute atomic E-state index is 15.2. The lowest BCUT2D eigenvalue weighted by atomic mass is 9.82. The summed E-state index contributed by atoms with van der Waals surface area (Å²) in [5, 5.41) is 34.4. The van der Waals surface area contributed by atoms with Crippen LogP contribution in [0.3, 0.4) is 0 Å². The molecule has 5 atom stereocenters. The molecule has 59 heavy (non-hydrogen) atoms. The fourth-order valence-corrected chi connectivity index (χ4v) is 7.46. The summed E-state index contributed by atoms with van der Waals surface area (Å²) >= 11 is 0.737. The second-order valence-electron chi connectivity index (χ2n) is 15.5. The van der Waals surface area contributed by atoms with Gasteiger partial charge in [0, 0.05) is 61.4 Å². The number of nitrogens with one attached hydrogen (secondary N) is 3. The molecule has 10 N–H and O–H groups in total. The van der Waals surface area contributed by atoms with Crippen LogP contribution < -0.4 is 27.4 Å². The first kappa shape index (κ1) is 48.3. The van der Waals surface area contributed by atoms with Crippen LogP contribution in [-0.4, -0.2) is 122 Å². The van der Waals surface area contributed by atoms with E-state index in [1.165, 1.54) is 24.0 Å². The van der Waals surface area contributed by atoms with E-state index < -0.39 is 95.4 Å². The van der Waals surface area contributed by atoms with Crippen molar-refractivity contribution in [2.75, 3.05) is 38.5 Å². The zero-order valence-electron chi connectivity index (χ0n) is 33.6. The lowest BCUT2D eigenvalue weighted by molar-refractivity contribution is -0.140. The van der Waals surface area contributed by atoms with E-state index in [4.69, 9.17) is 21.7 Å². The number of aliphatic hydroxyl groups excluding tert-OH is 1. The number of nitrogens with zero attached hydrogens (tertiary/aromatic N) is 2. The number of hydrogen-bond acceptors (Lipinski definition) is 10. The van der Waals surface area contributed by atoms with Crippen molar-refractivity contribution in [3.63, 3.8) is 0 Å². The summed E-state index contributed by atoms with van der Waals surface area (Å²) in [4.78, 5) is 74.9. The van der Waals surface area contributed by atoms with E-state index in [0.717, 1.165) is 17.3 Å². The van der Waals surface area contributed by atoms with Gasteiger partial charge in [-0.25, -0.2) is 8.78 Å². The Kier molecular flexibility index (Phi) is 17.8. The average molecular weight is 848 g/mol. The zero-order chi connectivity index (χ0) is 44.1. The van der Waals surface area contributed by atoms with E-state index in [2.05, 4.69) is 16.0 Å². The number of amides is 4. The van der Waals surface area contributed by atoms with Crippen molar-refractivity contribution in [2.24, 2.45) is 16.9 Å². The fraction of sp³-hybridized carbons (Fsp3) is 0.500. The van der Waals surface area contributed by atoms with Gasteiger partial charge in [-0.15, -0.1) is 11.8 Å². The molecule has 0 fully saturated rings. The Morgan fingerprint density at radius 3 is 2.27 bits per heavy atom. The predicted octanol–water partition coefficient (Wildman–Crippen LogP) is 1.87. The summed E-state index contributed by atoms with van der Waals surface area (Å²) in [6.45, 7) is 5.82. The number of carboxylic acids is 2. The first-order chi connectivity index (χ1) is 27.6. The molecule has 1 aliphatic carbocycles. The number of carbonyl (C=O) groups is 6. The van der Waals surface area contributed by atoms with Crippen LogP contribution in [-0.2, 0) is 35.3 Å². The van der Waals surface area contributed by atoms with E-state index in [9.17, 15) is 33.9 Å². The lowest BCUT2D eigenvalue weighted by Crippen LogP contribution is -2.48. The minimum Gasteiger partial charge on any atom is -0.481 e. The average Bonchev–Trinajstić information content (AvgIpc) is 3.57. The maximum atomic E-state index is 15.2. The highest BCUT2D eigenvalue weighted by Crippen LogP contribution is 2.42. The third-order valence-corrected chi connectivity index (χ3v) is 10.7. The van der Waals surface area contributed by atoms with Crippen molar-refractivity contribution >= 4 is 52.9 Å². The third-order valence-electron chi connectivity index (χ3n) is 9.32. The predicted molar refractivity (Wildman–Crippen MR) is 218 cm³/mol. The van der Waals surface area contributed by atoms with Gasteiger partial charge >= 0.3 is 11.9 Å². The minimum absolute atomic E-state index is 0.0373. The standard InChI is InChI=1S/C40H55F2N7O9S/c1-39(2,3)35(30-16-25(26-18-40(4,42)12-10-27(26)41)21-48(30)20-24-8-6-5-7-9-24)49(33(52)22-50)15-11-28(43)36(55)46-14-13-45-32(51)19-47-37(56)31(17-34(53)54)59-23-29(44)38(57)58/h5-10,16,18,21,28-29,31,35,50H,11-15,17,19-20,22-23,43-44H2,1-4H3,(H,45,51)(H,46,55)(H,47,56)(H,53,54)(H,57,58)/t28-,29-,31?,35-,40?/m0/s1. The lowest BCUT2D eigenvalue weighted by Gasteiger charge is -2.41. The van der Waals surface area contributed by atoms with Crippen molar-refractivity contribution in [1.82, 2.24) is 25.4 Å². The van der Waals surface area contributed by atoms with Gasteiger partial charge in [-0.2, -0.15) is 0 Å². The normalized spacial score (nSPS) is 17.4. The molecule has 0 radical (unpaired) electrons. The summed E-state index contributed by atoms with van der Waals surface area (Å²) in [6, 6.07) is 7.98. The summed E-state index contributed by atoms with van der Waals surface area (Å²) in [5.41, 5.74) is 11.2. The van der Waals surface area contributed by atoms with Crippen molar-refractivity contribution in [2.45, 2.75) is 82.5 Å². The summed E-state index contributed by atoms with van der Waals surface area (Å²) in [5.74, 6) is -6.11. The molecule has 1 aromatic carbocycles. The van der Waals surface area contributed by atoms with Crippen LogP contribution in [0.4, 0.5) is 8.78 Å². The minimum atomic E-state index is -1.77. The molecule has 2 unspecified atom stereocenters. The number of halogens is 2. The summed E-state index contributed by atoms with van der Waals surface area (Å²) in [7, 11) is 0. The van der Waals surface area contributed by atoms with Crippen molar-refractivity contribution in [3.8, 4) is 0 Å². The largest absolute Gasteiger partial charge is 0.481 e. The van der Waals surface area contributed by atoms with E-state index in [-0.39, 0.29) is 43.8 Å². The maximum Gasteiger partial charge on any atom is 0.321 e. The van der Waals surface area contributed by atoms with Crippen LogP contribution >= 0.6 is 11.8 Å². The highest BCUT2D eigenvalue weighted by Gasteiger charge is 2.38. The Morgan fingerprint density at radius 1 is 1.00 bits per heavy atom. The SMILES string of the molecule is CC1(F)C=C(c2cc([C@H](N(CC[C@H](N)C(=O)NCCNC(=O)CNC(=O)C(CC(=O)O)SC[C@H](N)C(=O)O)C(=O)CO)C(C)(C)C)n(Cc3ccccc3)c2)C(F)=CC1. The smallest absolute Gasteiger partial charge is 0.321 e. The molecule has 0 bridgehead atoms. The molecule has 1 aliphatic rings. The fourth-order valence-electron chi connectivity index (χ4n) is 6.38. The number of thioether (sulfide) groups is 1. The molecule has 3 rings (SSSR count). The summed E-state index contributed by atoms with van der Waals surface area (Å²) in [6.07, 6.45) is 3.40. The number of carboxylic acid groups (broad SMARTS) is 2. The van der Waals surface area contributed by atoms with Crippen LogP contribution in [0.5, 0.6) is 0 Å². The van der Waals surface area contributed by atoms with Gasteiger partial charge < -0.3 is 52.2 Å².